The highest BCUT2D eigenvalue weighted by Crippen LogP contribution is 2.26. The smallest absolute Gasteiger partial charge is 0.326 e. The first kappa shape index (κ1) is 16.9. The summed E-state index contributed by atoms with van der Waals surface area (Å²) in [6, 6.07) is 3.22. The first-order valence-electron chi connectivity index (χ1n) is 6.75. The van der Waals surface area contributed by atoms with E-state index in [4.69, 9.17) is 9.47 Å². The van der Waals surface area contributed by atoms with Gasteiger partial charge in [0.15, 0.2) is 0 Å². The highest BCUT2D eigenvalue weighted by Gasteiger charge is 2.24. The monoisotopic (exact) mass is 335 g/mol. The number of rotatable bonds is 6. The zero-order valence-electron chi connectivity index (χ0n) is 12.5. The molecule has 0 aromatic heterocycles. The Morgan fingerprint density at radius 3 is 2.62 bits per heavy atom. The van der Waals surface area contributed by atoms with Crippen molar-refractivity contribution in [1.82, 2.24) is 10.6 Å². The lowest BCUT2D eigenvalue weighted by molar-refractivity contribution is -0.385. The average molecular weight is 335 g/mol. The molecule has 10 nitrogen and oxygen atoms in total. The third kappa shape index (κ3) is 4.29. The van der Waals surface area contributed by atoms with Crippen molar-refractivity contribution in [2.45, 2.75) is 6.92 Å². The second-order valence-electron chi connectivity index (χ2n) is 4.63. The summed E-state index contributed by atoms with van der Waals surface area (Å²) in [5.74, 6) is -0.851. The number of carbonyl (C=O) groups is 3. The summed E-state index contributed by atoms with van der Waals surface area (Å²) >= 11 is 0. The number of nitro benzene ring substituents is 1. The van der Waals surface area contributed by atoms with Crippen LogP contribution in [0.3, 0.4) is 0 Å². The fourth-order valence-corrected chi connectivity index (χ4v) is 1.89. The topological polar surface area (TPSA) is 137 Å². The molecule has 0 spiro atoms. The van der Waals surface area contributed by atoms with Crippen LogP contribution in [0.2, 0.25) is 0 Å². The highest BCUT2D eigenvalue weighted by molar-refractivity contribution is 6.14. The Hall–Kier alpha value is -3.43. The number of urea groups is 1. The number of amides is 3. The number of nitrogens with zero attached hydrogens (tertiary/aromatic N) is 1. The second-order valence-corrected chi connectivity index (χ2v) is 4.63. The first-order chi connectivity index (χ1) is 11.4. The predicted molar refractivity (Wildman–Crippen MR) is 79.9 cm³/mol. The molecule has 0 radical (unpaired) electrons. The summed E-state index contributed by atoms with van der Waals surface area (Å²) in [6.45, 7) is 1.35. The molecule has 0 unspecified atom stereocenters. The van der Waals surface area contributed by atoms with E-state index in [0.29, 0.717) is 0 Å². The van der Waals surface area contributed by atoms with Crippen LogP contribution in [-0.2, 0) is 14.3 Å². The number of nitrogens with one attached hydrogen (secondary N) is 2. The van der Waals surface area contributed by atoms with E-state index in [-0.39, 0.29) is 35.9 Å². The minimum Gasteiger partial charge on any atom is -0.490 e. The maximum atomic E-state index is 11.5. The van der Waals surface area contributed by atoms with Crippen molar-refractivity contribution in [3.63, 3.8) is 0 Å². The van der Waals surface area contributed by atoms with Gasteiger partial charge >= 0.3 is 12.0 Å². The van der Waals surface area contributed by atoms with E-state index in [1.54, 1.807) is 0 Å². The van der Waals surface area contributed by atoms with Crippen LogP contribution in [0.25, 0.3) is 6.08 Å². The Bertz CT molecular complexity index is 742. The van der Waals surface area contributed by atoms with Crippen LogP contribution < -0.4 is 15.4 Å². The number of hydrogen-bond donors (Lipinski definition) is 2. The summed E-state index contributed by atoms with van der Waals surface area (Å²) < 4.78 is 10.0. The van der Waals surface area contributed by atoms with Gasteiger partial charge in [-0.2, -0.15) is 0 Å². The summed E-state index contributed by atoms with van der Waals surface area (Å²) in [5.41, 5.74) is -0.290. The molecular weight excluding hydrogens is 322 g/mol. The molecule has 24 heavy (non-hydrogen) atoms. The predicted octanol–water partition coefficient (Wildman–Crippen LogP) is 0.717. The van der Waals surface area contributed by atoms with Crippen molar-refractivity contribution in [3.8, 4) is 5.75 Å². The molecule has 1 saturated heterocycles. The SMILES string of the molecule is CC(=O)OCCOc1ccc([N+](=O)[O-])c(/C=C2/NC(=O)NC2=O)c1. The van der Waals surface area contributed by atoms with Gasteiger partial charge in [0.2, 0.25) is 0 Å². The van der Waals surface area contributed by atoms with Crippen molar-refractivity contribution in [2.75, 3.05) is 13.2 Å². The van der Waals surface area contributed by atoms with Crippen LogP contribution in [0.1, 0.15) is 12.5 Å². The van der Waals surface area contributed by atoms with Gasteiger partial charge in [0.25, 0.3) is 11.6 Å². The van der Waals surface area contributed by atoms with Gasteiger partial charge in [0.05, 0.1) is 10.5 Å². The minimum absolute atomic E-state index is 0.0290. The summed E-state index contributed by atoms with van der Waals surface area (Å²) in [5, 5.41) is 15.3. The van der Waals surface area contributed by atoms with Crippen molar-refractivity contribution in [3.05, 3.63) is 39.6 Å². The molecule has 0 bridgehead atoms. The van der Waals surface area contributed by atoms with Crippen LogP contribution in [0.15, 0.2) is 23.9 Å². The normalized spacial score (nSPS) is 15.0. The molecule has 3 amide bonds. The van der Waals surface area contributed by atoms with Crippen molar-refractivity contribution in [1.29, 1.82) is 0 Å². The Kier molecular flexibility index (Phi) is 5.09. The standard InChI is InChI=1S/C14H13N3O7/c1-8(18)23-4-5-24-10-2-3-12(17(21)22)9(6-10)7-11-13(19)16-14(20)15-11/h2-3,6-7H,4-5H2,1H3,(H2,15,16,19,20)/b11-7+. The zero-order valence-corrected chi connectivity index (χ0v) is 12.5. The van der Waals surface area contributed by atoms with E-state index in [1.807, 2.05) is 5.32 Å². The van der Waals surface area contributed by atoms with Crippen molar-refractivity contribution < 1.29 is 28.8 Å². The quantitative estimate of drug-likeness (QED) is 0.195. The molecule has 0 atom stereocenters. The van der Waals surface area contributed by atoms with Crippen LogP contribution in [0, 0.1) is 10.1 Å². The van der Waals surface area contributed by atoms with E-state index in [9.17, 15) is 24.5 Å². The number of carbonyl (C=O) groups excluding carboxylic acids is 3. The van der Waals surface area contributed by atoms with Gasteiger partial charge in [-0.25, -0.2) is 4.79 Å². The Labute approximate surface area is 135 Å². The second kappa shape index (κ2) is 7.22. The third-order valence-electron chi connectivity index (χ3n) is 2.87. The molecule has 1 fully saturated rings. The summed E-state index contributed by atoms with van der Waals surface area (Å²) in [6.07, 6.45) is 1.18. The van der Waals surface area contributed by atoms with E-state index < -0.39 is 22.8 Å². The number of esters is 1. The molecule has 2 N–H and O–H groups in total. The molecule has 1 aromatic carbocycles. The van der Waals surface area contributed by atoms with Gasteiger partial charge in [-0.05, 0) is 18.2 Å². The Morgan fingerprint density at radius 2 is 2.04 bits per heavy atom. The van der Waals surface area contributed by atoms with Gasteiger partial charge < -0.3 is 14.8 Å². The van der Waals surface area contributed by atoms with Crippen LogP contribution in [-0.4, -0.2) is 36.0 Å². The molecule has 126 valence electrons. The summed E-state index contributed by atoms with van der Waals surface area (Å²) in [4.78, 5) is 43.7. The molecule has 1 aliphatic heterocycles. The average Bonchev–Trinajstić information content (AvgIpc) is 2.81. The fraction of sp³-hybridized carbons (Fsp3) is 0.214. The van der Waals surface area contributed by atoms with Gasteiger partial charge in [0, 0.05) is 13.0 Å². The molecule has 2 rings (SSSR count). The van der Waals surface area contributed by atoms with Crippen LogP contribution in [0.5, 0.6) is 5.75 Å². The van der Waals surface area contributed by atoms with Crippen LogP contribution in [0.4, 0.5) is 10.5 Å². The van der Waals surface area contributed by atoms with Crippen molar-refractivity contribution in [2.24, 2.45) is 0 Å². The first-order valence-corrected chi connectivity index (χ1v) is 6.75. The van der Waals surface area contributed by atoms with Crippen LogP contribution >= 0.6 is 0 Å². The number of nitro groups is 1. The largest absolute Gasteiger partial charge is 0.490 e. The van der Waals surface area contributed by atoms with Crippen molar-refractivity contribution >= 4 is 29.7 Å². The Morgan fingerprint density at radius 1 is 1.29 bits per heavy atom. The number of benzene rings is 1. The van der Waals surface area contributed by atoms with Gasteiger partial charge in [-0.1, -0.05) is 0 Å². The number of hydrogen-bond acceptors (Lipinski definition) is 7. The zero-order chi connectivity index (χ0) is 17.7. The lowest BCUT2D eigenvalue weighted by Crippen LogP contribution is -2.22. The summed E-state index contributed by atoms with van der Waals surface area (Å²) in [7, 11) is 0. The molecule has 0 saturated carbocycles. The van der Waals surface area contributed by atoms with E-state index in [1.165, 1.54) is 31.2 Å². The maximum absolute atomic E-state index is 11.5. The van der Waals surface area contributed by atoms with E-state index in [0.717, 1.165) is 0 Å². The molecule has 0 aliphatic carbocycles. The molecule has 1 aliphatic rings. The number of imide groups is 1. The minimum atomic E-state index is -0.706. The highest BCUT2D eigenvalue weighted by atomic mass is 16.6. The maximum Gasteiger partial charge on any atom is 0.326 e. The molecular formula is C14H13N3O7. The lowest BCUT2D eigenvalue weighted by atomic mass is 10.1. The van der Waals surface area contributed by atoms with Gasteiger partial charge in [-0.3, -0.25) is 25.0 Å². The van der Waals surface area contributed by atoms with Gasteiger partial charge in [-0.15, -0.1) is 0 Å². The molecule has 10 heteroatoms. The molecule has 1 heterocycles. The lowest BCUT2D eigenvalue weighted by Gasteiger charge is -2.07. The number of ether oxygens (including phenoxy) is 2. The fourth-order valence-electron chi connectivity index (χ4n) is 1.89. The third-order valence-corrected chi connectivity index (χ3v) is 2.87. The van der Waals surface area contributed by atoms with Gasteiger partial charge in [0.1, 0.15) is 24.7 Å². The molecule has 1 aromatic rings. The Balaban J connectivity index is 2.21. The van der Waals surface area contributed by atoms with E-state index >= 15 is 0 Å². The van der Waals surface area contributed by atoms with E-state index in [2.05, 4.69) is 5.32 Å².